The smallest absolute Gasteiger partial charge is 0.177 e. The number of anilines is 2. The average molecular weight is 434 g/mol. The predicted octanol–water partition coefficient (Wildman–Crippen LogP) is 2.37. The van der Waals surface area contributed by atoms with Gasteiger partial charge in [0.1, 0.15) is 11.5 Å². The predicted molar refractivity (Wildman–Crippen MR) is 117 cm³/mol. The summed E-state index contributed by atoms with van der Waals surface area (Å²) in [5, 5.41) is 18.0. The van der Waals surface area contributed by atoms with Crippen molar-refractivity contribution in [3.8, 4) is 11.3 Å². The molecule has 0 atom stereocenters. The van der Waals surface area contributed by atoms with Gasteiger partial charge in [-0.05, 0) is 12.1 Å². The van der Waals surface area contributed by atoms with Crippen LogP contribution in [0.1, 0.15) is 20.8 Å². The highest BCUT2D eigenvalue weighted by atomic mass is 19.1. The van der Waals surface area contributed by atoms with E-state index in [-0.39, 0.29) is 29.5 Å². The molecule has 0 aliphatic carbocycles. The van der Waals surface area contributed by atoms with Crippen molar-refractivity contribution >= 4 is 11.4 Å². The highest BCUT2D eigenvalue weighted by molar-refractivity contribution is 5.80. The molecule has 0 radical (unpaired) electrons. The number of halogens is 1. The lowest BCUT2D eigenvalue weighted by Crippen LogP contribution is -2.57. The lowest BCUT2D eigenvalue weighted by molar-refractivity contribution is -0.227. The number of aliphatic hydroxyl groups is 1. The average Bonchev–Trinajstić information content (AvgIpc) is 3.15. The van der Waals surface area contributed by atoms with Crippen LogP contribution in [0.5, 0.6) is 0 Å². The second-order valence-corrected chi connectivity index (χ2v) is 10.1. The van der Waals surface area contributed by atoms with Crippen LogP contribution in [-0.4, -0.2) is 73.4 Å². The first-order valence-corrected chi connectivity index (χ1v) is 10.6. The lowest BCUT2D eigenvalue weighted by atomic mass is 9.82. The summed E-state index contributed by atoms with van der Waals surface area (Å²) in [6.45, 7) is 9.23. The fraction of sp³-hybridized carbons (Fsp3) is 0.636. The van der Waals surface area contributed by atoms with E-state index in [1.54, 1.807) is 10.9 Å². The van der Waals surface area contributed by atoms with Crippen molar-refractivity contribution < 1.29 is 19.0 Å². The molecule has 8 nitrogen and oxygen atoms in total. The van der Waals surface area contributed by atoms with Gasteiger partial charge in [-0.2, -0.15) is 0 Å². The molecule has 0 unspecified atom stereocenters. The number of aromatic nitrogens is 3. The van der Waals surface area contributed by atoms with E-state index >= 15 is 4.39 Å². The number of rotatable bonds is 6. The van der Waals surface area contributed by atoms with E-state index in [1.807, 2.05) is 36.9 Å². The minimum Gasteiger partial charge on any atom is -0.396 e. The molecule has 9 heteroatoms. The first-order valence-electron chi connectivity index (χ1n) is 10.6. The van der Waals surface area contributed by atoms with Crippen LogP contribution < -0.4 is 9.80 Å². The summed E-state index contributed by atoms with van der Waals surface area (Å²) in [5.74, 6) is -0.309. The highest BCUT2D eigenvalue weighted by Crippen LogP contribution is 2.40. The molecule has 2 aromatic rings. The van der Waals surface area contributed by atoms with Gasteiger partial charge in [0.15, 0.2) is 6.29 Å². The Hall–Kier alpha value is -2.23. The Kier molecular flexibility index (Phi) is 5.70. The Morgan fingerprint density at radius 1 is 1.19 bits per heavy atom. The van der Waals surface area contributed by atoms with Gasteiger partial charge in [-0.25, -0.2) is 9.07 Å². The highest BCUT2D eigenvalue weighted by Gasteiger charge is 2.39. The number of hydrogen-bond acceptors (Lipinski definition) is 7. The second-order valence-electron chi connectivity index (χ2n) is 10.1. The third kappa shape index (κ3) is 4.53. The van der Waals surface area contributed by atoms with Crippen LogP contribution in [0.15, 0.2) is 18.3 Å². The maximum Gasteiger partial charge on any atom is 0.177 e. The van der Waals surface area contributed by atoms with Crippen molar-refractivity contribution in [2.45, 2.75) is 33.6 Å². The van der Waals surface area contributed by atoms with Crippen LogP contribution in [0.2, 0.25) is 0 Å². The summed E-state index contributed by atoms with van der Waals surface area (Å²) >= 11 is 0. The summed E-state index contributed by atoms with van der Waals surface area (Å²) < 4.78 is 28.3. The lowest BCUT2D eigenvalue weighted by Gasteiger charge is -2.48. The molecular weight excluding hydrogens is 401 g/mol. The van der Waals surface area contributed by atoms with Crippen molar-refractivity contribution in [3.63, 3.8) is 0 Å². The van der Waals surface area contributed by atoms with Crippen molar-refractivity contribution in [1.82, 2.24) is 15.0 Å². The van der Waals surface area contributed by atoms with Crippen molar-refractivity contribution in [1.29, 1.82) is 0 Å². The SMILES string of the molecule is CN(C)c1cc(N2CC(C)(CO)C2)c(F)cc1-c1cn(CC2OCC(C)(C)CO2)nn1. The monoisotopic (exact) mass is 433 g/mol. The summed E-state index contributed by atoms with van der Waals surface area (Å²) in [6, 6.07) is 3.36. The van der Waals surface area contributed by atoms with Crippen LogP contribution in [0.4, 0.5) is 15.8 Å². The van der Waals surface area contributed by atoms with E-state index in [2.05, 4.69) is 24.2 Å². The number of ether oxygens (including phenoxy) is 2. The van der Waals surface area contributed by atoms with Gasteiger partial charge in [-0.1, -0.05) is 26.0 Å². The topological polar surface area (TPSA) is 75.9 Å². The zero-order valence-corrected chi connectivity index (χ0v) is 18.9. The number of nitrogens with zero attached hydrogens (tertiary/aromatic N) is 5. The first-order chi connectivity index (χ1) is 14.6. The Labute approximate surface area is 182 Å². The molecule has 4 rings (SSSR count). The standard InChI is InChI=1S/C22H32FN5O3/c1-21(2)13-30-20(31-14-21)9-28-8-17(24-25-28)15-6-16(23)19(7-18(15)26(4)5)27-10-22(3,11-27)12-29/h6-8,20,29H,9-14H2,1-5H3. The second kappa shape index (κ2) is 8.03. The van der Waals surface area contributed by atoms with E-state index < -0.39 is 0 Å². The van der Waals surface area contributed by atoms with Gasteiger partial charge in [0, 0.05) is 49.3 Å². The van der Waals surface area contributed by atoms with Gasteiger partial charge in [0.05, 0.1) is 38.2 Å². The Morgan fingerprint density at radius 3 is 2.48 bits per heavy atom. The van der Waals surface area contributed by atoms with Gasteiger partial charge in [0.2, 0.25) is 0 Å². The Balaban J connectivity index is 1.54. The molecule has 31 heavy (non-hydrogen) atoms. The number of aliphatic hydroxyl groups excluding tert-OH is 1. The molecule has 3 heterocycles. The quantitative estimate of drug-likeness (QED) is 0.750. The van der Waals surface area contributed by atoms with E-state index in [0.29, 0.717) is 49.8 Å². The van der Waals surface area contributed by atoms with E-state index in [1.165, 1.54) is 6.07 Å². The molecule has 2 saturated heterocycles. The van der Waals surface area contributed by atoms with Gasteiger partial charge in [-0.15, -0.1) is 5.10 Å². The van der Waals surface area contributed by atoms with Gasteiger partial charge >= 0.3 is 0 Å². The van der Waals surface area contributed by atoms with Crippen LogP contribution >= 0.6 is 0 Å². The van der Waals surface area contributed by atoms with Crippen molar-refractivity contribution in [2.75, 3.05) is 56.8 Å². The van der Waals surface area contributed by atoms with Crippen LogP contribution in [-0.2, 0) is 16.0 Å². The third-order valence-corrected chi connectivity index (χ3v) is 5.89. The van der Waals surface area contributed by atoms with E-state index in [0.717, 1.165) is 5.69 Å². The molecule has 1 aromatic carbocycles. The normalized spacial score (nSPS) is 20.5. The molecule has 0 saturated carbocycles. The van der Waals surface area contributed by atoms with Gasteiger partial charge < -0.3 is 24.4 Å². The maximum absolute atomic E-state index is 15.0. The minimum atomic E-state index is -0.373. The fourth-order valence-electron chi connectivity index (χ4n) is 4.01. The molecule has 170 valence electrons. The molecule has 0 spiro atoms. The number of hydrogen-bond donors (Lipinski definition) is 1. The molecule has 2 aliphatic rings. The molecule has 1 aromatic heterocycles. The Bertz CT molecular complexity index is 929. The summed E-state index contributed by atoms with van der Waals surface area (Å²) in [7, 11) is 3.84. The van der Waals surface area contributed by atoms with Crippen LogP contribution in [0, 0.1) is 16.6 Å². The van der Waals surface area contributed by atoms with E-state index in [4.69, 9.17) is 9.47 Å². The number of benzene rings is 1. The van der Waals surface area contributed by atoms with Gasteiger partial charge in [-0.3, -0.25) is 0 Å². The Morgan fingerprint density at radius 2 is 1.87 bits per heavy atom. The van der Waals surface area contributed by atoms with Gasteiger partial charge in [0.25, 0.3) is 0 Å². The molecule has 2 aliphatic heterocycles. The molecule has 2 fully saturated rings. The van der Waals surface area contributed by atoms with Crippen LogP contribution in [0.3, 0.4) is 0 Å². The molecule has 0 bridgehead atoms. The van der Waals surface area contributed by atoms with E-state index in [9.17, 15) is 5.11 Å². The zero-order chi connectivity index (χ0) is 22.4. The first kappa shape index (κ1) is 22.0. The molecular formula is C22H32FN5O3. The summed E-state index contributed by atoms with van der Waals surface area (Å²) in [4.78, 5) is 3.90. The maximum atomic E-state index is 15.0. The molecule has 0 amide bonds. The summed E-state index contributed by atoms with van der Waals surface area (Å²) in [5.41, 5.74) is 2.49. The fourth-order valence-corrected chi connectivity index (χ4v) is 4.01. The van der Waals surface area contributed by atoms with Crippen molar-refractivity contribution in [3.05, 3.63) is 24.1 Å². The van der Waals surface area contributed by atoms with Crippen LogP contribution in [0.25, 0.3) is 11.3 Å². The minimum absolute atomic E-state index is 0.00892. The van der Waals surface area contributed by atoms with Crippen molar-refractivity contribution in [2.24, 2.45) is 10.8 Å². The molecule has 1 N–H and O–H groups in total. The summed E-state index contributed by atoms with van der Waals surface area (Å²) in [6.07, 6.45) is 1.42. The largest absolute Gasteiger partial charge is 0.396 e. The third-order valence-electron chi connectivity index (χ3n) is 5.89. The zero-order valence-electron chi connectivity index (χ0n) is 18.9.